The fraction of sp³-hybridized carbons (Fsp3) is 0.333. The Bertz CT molecular complexity index is 1280. The summed E-state index contributed by atoms with van der Waals surface area (Å²) in [6, 6.07) is 11.8. The Hall–Kier alpha value is -3.78. The van der Waals surface area contributed by atoms with Crippen LogP contribution in [0.4, 0.5) is 0 Å². The maximum absolute atomic E-state index is 12.9. The van der Waals surface area contributed by atoms with Crippen molar-refractivity contribution in [2.75, 3.05) is 34.1 Å². The van der Waals surface area contributed by atoms with Crippen LogP contribution in [0.15, 0.2) is 48.8 Å². The molecule has 6 rings (SSSR count). The number of hydrogen-bond acceptors (Lipinski definition) is 7. The maximum atomic E-state index is 12.9. The molecule has 0 saturated heterocycles. The minimum Gasteiger partial charge on any atom is -0.493 e. The maximum Gasteiger partial charge on any atom is 0.251 e. The second-order valence-electron chi connectivity index (χ2n) is 8.99. The quantitative estimate of drug-likeness (QED) is 0.608. The normalized spacial score (nSPS) is 19.8. The van der Waals surface area contributed by atoms with Gasteiger partial charge in [0.2, 0.25) is 6.79 Å². The van der Waals surface area contributed by atoms with Gasteiger partial charge in [-0.3, -0.25) is 14.7 Å². The molecule has 2 atom stereocenters. The van der Waals surface area contributed by atoms with Gasteiger partial charge in [0.1, 0.15) is 0 Å². The molecule has 8 heteroatoms. The monoisotopic (exact) mass is 473 g/mol. The largest absolute Gasteiger partial charge is 0.493 e. The van der Waals surface area contributed by atoms with Crippen LogP contribution < -0.4 is 24.3 Å². The summed E-state index contributed by atoms with van der Waals surface area (Å²) in [7, 11) is 3.33. The number of fused-ring (bicyclic) bond motifs is 5. The van der Waals surface area contributed by atoms with Crippen molar-refractivity contribution in [1.82, 2.24) is 15.2 Å². The summed E-state index contributed by atoms with van der Waals surface area (Å²) in [5.41, 5.74) is 5.35. The summed E-state index contributed by atoms with van der Waals surface area (Å²) in [6.45, 7) is 2.35. The molecule has 1 N–H and O–H groups in total. The van der Waals surface area contributed by atoms with E-state index in [9.17, 15) is 4.79 Å². The lowest BCUT2D eigenvalue weighted by atomic mass is 9.76. The van der Waals surface area contributed by atoms with E-state index in [2.05, 4.69) is 33.4 Å². The first-order chi connectivity index (χ1) is 17.2. The third kappa shape index (κ3) is 3.65. The molecule has 0 radical (unpaired) electrons. The van der Waals surface area contributed by atoms with Gasteiger partial charge in [0, 0.05) is 55.1 Å². The summed E-state index contributed by atoms with van der Waals surface area (Å²) in [6.07, 6.45) is 4.17. The molecule has 1 amide bonds. The Morgan fingerprint density at radius 3 is 2.66 bits per heavy atom. The lowest BCUT2D eigenvalue weighted by Crippen LogP contribution is -2.45. The van der Waals surface area contributed by atoms with Gasteiger partial charge in [0.05, 0.1) is 14.2 Å². The van der Waals surface area contributed by atoms with Crippen molar-refractivity contribution in [3.05, 3.63) is 76.6 Å². The highest BCUT2D eigenvalue weighted by molar-refractivity contribution is 5.94. The zero-order valence-corrected chi connectivity index (χ0v) is 19.7. The molecule has 4 heterocycles. The van der Waals surface area contributed by atoms with E-state index < -0.39 is 0 Å². The van der Waals surface area contributed by atoms with Crippen LogP contribution >= 0.6 is 0 Å². The van der Waals surface area contributed by atoms with Gasteiger partial charge in [-0.15, -0.1) is 0 Å². The number of benzene rings is 2. The van der Waals surface area contributed by atoms with Gasteiger partial charge in [0.25, 0.3) is 5.91 Å². The van der Waals surface area contributed by atoms with Gasteiger partial charge in [-0.05, 0) is 53.4 Å². The molecule has 1 aromatic heterocycles. The van der Waals surface area contributed by atoms with Crippen molar-refractivity contribution in [1.29, 1.82) is 0 Å². The van der Waals surface area contributed by atoms with E-state index in [1.54, 1.807) is 38.7 Å². The lowest BCUT2D eigenvalue weighted by Gasteiger charge is -2.46. The van der Waals surface area contributed by atoms with E-state index in [0.717, 1.165) is 47.9 Å². The average Bonchev–Trinajstić information content (AvgIpc) is 3.36. The Balaban J connectivity index is 1.42. The van der Waals surface area contributed by atoms with Gasteiger partial charge < -0.3 is 24.3 Å². The third-order valence-corrected chi connectivity index (χ3v) is 7.27. The van der Waals surface area contributed by atoms with Crippen LogP contribution in [-0.2, 0) is 13.0 Å². The van der Waals surface area contributed by atoms with Crippen molar-refractivity contribution >= 4 is 5.91 Å². The molecule has 2 aromatic carbocycles. The summed E-state index contributed by atoms with van der Waals surface area (Å²) >= 11 is 0. The highest BCUT2D eigenvalue weighted by Crippen LogP contribution is 2.51. The molecule has 0 spiro atoms. The summed E-state index contributed by atoms with van der Waals surface area (Å²) in [4.78, 5) is 19.4. The number of ether oxygens (including phenoxy) is 4. The van der Waals surface area contributed by atoms with Crippen LogP contribution in [0, 0.1) is 0 Å². The third-order valence-electron chi connectivity index (χ3n) is 7.27. The van der Waals surface area contributed by atoms with E-state index >= 15 is 0 Å². The van der Waals surface area contributed by atoms with Crippen LogP contribution in [0.5, 0.6) is 23.0 Å². The number of aromatic nitrogens is 1. The molecule has 0 fully saturated rings. The van der Waals surface area contributed by atoms with Gasteiger partial charge in [-0.1, -0.05) is 6.07 Å². The fourth-order valence-electron chi connectivity index (χ4n) is 5.66. The van der Waals surface area contributed by atoms with Crippen LogP contribution in [0.2, 0.25) is 0 Å². The SMILES string of the molecule is COc1ccc2c(c1OC)CN1CCc3cc4c(cc3C1C2CNC(=O)c1ccncc1)OCO4. The number of nitrogens with one attached hydrogen (secondary N) is 1. The topological polar surface area (TPSA) is 82.2 Å². The van der Waals surface area contributed by atoms with E-state index in [-0.39, 0.29) is 24.7 Å². The van der Waals surface area contributed by atoms with Crippen molar-refractivity contribution in [2.24, 2.45) is 0 Å². The Morgan fingerprint density at radius 2 is 1.89 bits per heavy atom. The van der Waals surface area contributed by atoms with Crippen molar-refractivity contribution in [2.45, 2.75) is 24.9 Å². The van der Waals surface area contributed by atoms with E-state index in [1.807, 2.05) is 6.07 Å². The van der Waals surface area contributed by atoms with Crippen LogP contribution in [0.3, 0.4) is 0 Å². The number of carbonyl (C=O) groups excluding carboxylic acids is 1. The molecule has 2 unspecified atom stereocenters. The van der Waals surface area contributed by atoms with Crippen LogP contribution in [0.1, 0.15) is 44.6 Å². The number of nitrogens with zero attached hydrogens (tertiary/aromatic N) is 2. The smallest absolute Gasteiger partial charge is 0.251 e. The Morgan fingerprint density at radius 1 is 1.09 bits per heavy atom. The first-order valence-corrected chi connectivity index (χ1v) is 11.8. The summed E-state index contributed by atoms with van der Waals surface area (Å²) in [5.74, 6) is 2.94. The van der Waals surface area contributed by atoms with Gasteiger partial charge >= 0.3 is 0 Å². The molecule has 0 aliphatic carbocycles. The van der Waals surface area contributed by atoms with Gasteiger partial charge in [-0.2, -0.15) is 0 Å². The standard InChI is InChI=1S/C27H27N3O5/c1-32-22-4-3-18-20(13-29-27(31)16-5-8-28-9-6-16)25-19-12-24-23(34-15-35-24)11-17(19)7-10-30(25)14-21(18)26(22)33-2/h3-6,8-9,11-12,20,25H,7,10,13-15H2,1-2H3,(H,29,31). The number of methoxy groups -OCH3 is 2. The molecule has 8 nitrogen and oxygen atoms in total. The number of hydrogen-bond donors (Lipinski definition) is 1. The summed E-state index contributed by atoms with van der Waals surface area (Å²) < 4.78 is 22.7. The van der Waals surface area contributed by atoms with Crippen LogP contribution in [0.25, 0.3) is 0 Å². The number of amides is 1. The van der Waals surface area contributed by atoms with Crippen molar-refractivity contribution in [3.63, 3.8) is 0 Å². The van der Waals surface area contributed by atoms with E-state index in [0.29, 0.717) is 17.9 Å². The molecule has 0 saturated carbocycles. The predicted molar refractivity (Wildman–Crippen MR) is 128 cm³/mol. The second-order valence-corrected chi connectivity index (χ2v) is 8.99. The molecule has 3 aliphatic heterocycles. The van der Waals surface area contributed by atoms with Crippen LogP contribution in [-0.4, -0.2) is 49.9 Å². The molecular weight excluding hydrogens is 446 g/mol. The minimum atomic E-state index is -0.117. The molecule has 3 aromatic rings. The first-order valence-electron chi connectivity index (χ1n) is 11.8. The minimum absolute atomic E-state index is 0.00349. The zero-order valence-electron chi connectivity index (χ0n) is 19.7. The Kier molecular flexibility index (Phi) is 5.45. The molecule has 3 aliphatic rings. The van der Waals surface area contributed by atoms with Crippen molar-refractivity contribution in [3.8, 4) is 23.0 Å². The second kappa shape index (κ2) is 8.78. The Labute approximate surface area is 203 Å². The fourth-order valence-corrected chi connectivity index (χ4v) is 5.66. The molecule has 35 heavy (non-hydrogen) atoms. The first kappa shape index (κ1) is 21.7. The number of pyridine rings is 1. The number of carbonyl (C=O) groups is 1. The molecule has 180 valence electrons. The van der Waals surface area contributed by atoms with E-state index in [4.69, 9.17) is 18.9 Å². The van der Waals surface area contributed by atoms with E-state index in [1.165, 1.54) is 11.1 Å². The predicted octanol–water partition coefficient (Wildman–Crippen LogP) is 3.45. The highest BCUT2D eigenvalue weighted by Gasteiger charge is 2.42. The molecular formula is C27H27N3O5. The van der Waals surface area contributed by atoms with Crippen molar-refractivity contribution < 1.29 is 23.7 Å². The highest BCUT2D eigenvalue weighted by atomic mass is 16.7. The molecule has 0 bridgehead atoms. The van der Waals surface area contributed by atoms with Gasteiger partial charge in [-0.25, -0.2) is 0 Å². The number of rotatable bonds is 5. The van der Waals surface area contributed by atoms with Gasteiger partial charge in [0.15, 0.2) is 23.0 Å². The zero-order chi connectivity index (χ0) is 23.9. The summed E-state index contributed by atoms with van der Waals surface area (Å²) in [5, 5.41) is 3.17. The average molecular weight is 474 g/mol. The lowest BCUT2D eigenvalue weighted by molar-refractivity contribution is 0.0924.